The minimum atomic E-state index is -0.947. The fourth-order valence-electron chi connectivity index (χ4n) is 11.1. The first kappa shape index (κ1) is 66.1. The fraction of sp³-hybridized carbons (Fsp3) is 0.441. The predicted octanol–water partition coefficient (Wildman–Crippen LogP) is 7.15. The zero-order valence-electron chi connectivity index (χ0n) is 53.1. The van der Waals surface area contributed by atoms with Gasteiger partial charge in [-0.15, -0.1) is 16.4 Å². The summed E-state index contributed by atoms with van der Waals surface area (Å²) in [6, 6.07) is 26.7. The van der Waals surface area contributed by atoms with Crippen LogP contribution in [-0.2, 0) is 62.3 Å². The second kappa shape index (κ2) is 29.6. The summed E-state index contributed by atoms with van der Waals surface area (Å²) >= 11 is 1.57. The number of rotatable bonds is 24. The molecule has 5 amide bonds. The number of amides is 5. The van der Waals surface area contributed by atoms with Crippen molar-refractivity contribution in [2.45, 2.75) is 118 Å². The molecule has 4 N–H and O–H groups in total. The van der Waals surface area contributed by atoms with Crippen molar-refractivity contribution in [2.75, 3.05) is 71.0 Å². The Labute approximate surface area is 530 Å². The van der Waals surface area contributed by atoms with Gasteiger partial charge in [-0.25, -0.2) is 14.6 Å². The molecule has 2 saturated heterocycles. The van der Waals surface area contributed by atoms with Gasteiger partial charge in [0.1, 0.15) is 17.8 Å². The van der Waals surface area contributed by atoms with Crippen molar-refractivity contribution in [3.05, 3.63) is 170 Å². The molecule has 3 atom stereocenters. The Bertz CT molecular complexity index is 3690. The molecule has 7 aromatic rings. The van der Waals surface area contributed by atoms with Crippen LogP contribution in [0.5, 0.6) is 0 Å². The van der Waals surface area contributed by atoms with Crippen LogP contribution in [0.2, 0.25) is 0 Å². The van der Waals surface area contributed by atoms with E-state index >= 15 is 0 Å². The van der Waals surface area contributed by atoms with Crippen LogP contribution in [0.3, 0.4) is 0 Å². The first-order chi connectivity index (χ1) is 43.0. The quantitative estimate of drug-likeness (QED) is 0.0439. The Kier molecular flexibility index (Phi) is 21.7. The molecule has 3 aromatic heterocycles. The summed E-state index contributed by atoms with van der Waals surface area (Å²) in [6.07, 6.45) is 3.54. The number of β-amino-alcohol motifs (C(OH)–C–C–N with tert-alkyl or cyclic N) is 1. The predicted molar refractivity (Wildman–Crippen MR) is 346 cm³/mol. The molecule has 4 aromatic carbocycles. The van der Waals surface area contributed by atoms with E-state index in [1.165, 1.54) is 9.47 Å². The molecule has 0 radical (unpaired) electrons. The number of anilines is 1. The third-order valence-electron chi connectivity index (χ3n) is 16.5. The lowest BCUT2D eigenvalue weighted by Gasteiger charge is -2.35. The van der Waals surface area contributed by atoms with Gasteiger partial charge in [0.2, 0.25) is 17.7 Å². The van der Waals surface area contributed by atoms with Crippen molar-refractivity contribution in [2.24, 2.45) is 12.5 Å². The molecule has 2 aliphatic rings. The van der Waals surface area contributed by atoms with Gasteiger partial charge in [-0.1, -0.05) is 107 Å². The lowest BCUT2D eigenvalue weighted by Crippen LogP contribution is -2.57. The number of likely N-dealkylation sites (tertiary alicyclic amines) is 1. The lowest BCUT2D eigenvalue weighted by atomic mass is 9.85. The number of carbonyl (C=O) groups excluding carboxylic acids is 5. The smallest absolute Gasteiger partial charge is 0.272 e. The van der Waals surface area contributed by atoms with Crippen molar-refractivity contribution in [3.8, 4) is 21.7 Å². The molecule has 0 aliphatic carbocycles. The minimum absolute atomic E-state index is 0.0155. The van der Waals surface area contributed by atoms with E-state index in [1.807, 2.05) is 142 Å². The number of aryl methyl sites for hydroxylation is 2. The monoisotopic (exact) mass is 1240 g/mol. The Hall–Kier alpha value is -8.28. The van der Waals surface area contributed by atoms with Crippen molar-refractivity contribution < 1.29 is 38.6 Å². The summed E-state index contributed by atoms with van der Waals surface area (Å²) in [5.74, 6) is -1.42. The van der Waals surface area contributed by atoms with Crippen LogP contribution in [0.4, 0.5) is 5.69 Å². The topological polar surface area (TPSA) is 248 Å². The van der Waals surface area contributed by atoms with Crippen LogP contribution in [0.1, 0.15) is 114 Å². The summed E-state index contributed by atoms with van der Waals surface area (Å²) in [6.45, 7) is 21.3. The van der Waals surface area contributed by atoms with Gasteiger partial charge in [-0.3, -0.25) is 33.7 Å². The number of nitrogens with one attached hydrogen (secondary N) is 3. The SMILES string of the molecule is Cc1ncsc1-c1ccc(CNC(=O)[C@@H]2C[C@@H](O)CN2C(=O)[C@@H](NC(=O)CCOCCc2cn(CCOCCN3CCN(C(=O)c4ccc(Cc5nc(-c6cccc(NC(=O)c7ccc(C(C)(C)C)cc7)c6C)cn(C)c5=O)cc4)CC3)nn2)C(C)(C)C)cc1. The van der Waals surface area contributed by atoms with Crippen LogP contribution < -0.4 is 21.5 Å². The van der Waals surface area contributed by atoms with Gasteiger partial charge >= 0.3 is 0 Å². The van der Waals surface area contributed by atoms with Gasteiger partial charge in [0.25, 0.3) is 17.4 Å². The molecule has 2 fully saturated rings. The average Bonchev–Trinajstić information content (AvgIpc) is 1.15. The van der Waals surface area contributed by atoms with Gasteiger partial charge in [-0.2, -0.15) is 0 Å². The average molecular weight is 1250 g/mol. The number of ether oxygens (including phenoxy) is 2. The Balaban J connectivity index is 0.644. The molecule has 0 bridgehead atoms. The maximum absolute atomic E-state index is 14.1. The van der Waals surface area contributed by atoms with E-state index in [-0.39, 0.29) is 73.6 Å². The van der Waals surface area contributed by atoms with Gasteiger partial charge in [-0.05, 0) is 82.8 Å². The third-order valence-corrected chi connectivity index (χ3v) is 17.5. The second-order valence-electron chi connectivity index (χ2n) is 25.4. The van der Waals surface area contributed by atoms with E-state index in [0.29, 0.717) is 87.2 Å². The molecule has 22 heteroatoms. The summed E-state index contributed by atoms with van der Waals surface area (Å²) in [5, 5.41) is 28.0. The number of benzene rings is 4. The van der Waals surface area contributed by atoms with E-state index in [0.717, 1.165) is 56.2 Å². The number of aliphatic hydroxyl groups is 1. The molecule has 0 unspecified atom stereocenters. The maximum Gasteiger partial charge on any atom is 0.272 e. The zero-order chi connectivity index (χ0) is 64.3. The van der Waals surface area contributed by atoms with Gasteiger partial charge < -0.3 is 44.9 Å². The first-order valence-corrected chi connectivity index (χ1v) is 31.7. The van der Waals surface area contributed by atoms with E-state index < -0.39 is 29.5 Å². The number of carbonyl (C=O) groups is 5. The van der Waals surface area contributed by atoms with Gasteiger partial charge in [0.05, 0.1) is 66.5 Å². The van der Waals surface area contributed by atoms with Crippen molar-refractivity contribution in [1.82, 2.24) is 54.9 Å². The molecule has 21 nitrogen and oxygen atoms in total. The lowest BCUT2D eigenvalue weighted by molar-refractivity contribution is -0.144. The van der Waals surface area contributed by atoms with Crippen molar-refractivity contribution >= 4 is 46.6 Å². The molecule has 5 heterocycles. The minimum Gasteiger partial charge on any atom is -0.391 e. The third kappa shape index (κ3) is 17.2. The number of hydrogen-bond donors (Lipinski definition) is 4. The van der Waals surface area contributed by atoms with Crippen molar-refractivity contribution in [1.29, 1.82) is 0 Å². The van der Waals surface area contributed by atoms with E-state index in [1.54, 1.807) is 29.3 Å². The molecular weight excluding hydrogens is 1160 g/mol. The molecule has 9 rings (SSSR count). The highest BCUT2D eigenvalue weighted by atomic mass is 32.1. The standard InChI is InChI=1S/C68H84N12O9S/c1-44-54(11-10-12-55(44)72-62(83)49-21-23-51(24-22-49)67(3,4)5)57-42-76(9)65(86)56(71-57)37-46-13-19-50(20-14-46)64(85)78-29-27-77(28-30-78)31-35-89-36-32-79-40-52(74-75-79)25-33-88-34-26-59(82)73-61(68(6,7)8)66(87)80-41-53(81)38-58(80)63(84)69-39-47-15-17-48(18-16-47)60-45(2)70-43-90-60/h10-24,40,42-43,53,58,61,81H,25-39,41H2,1-9H3,(H,69,84)(H,72,83)(H,73,82)/t53-,58+,61-/m1/s1. The van der Waals surface area contributed by atoms with Crippen LogP contribution in [0, 0.1) is 19.3 Å². The number of nitrogens with zero attached hydrogens (tertiary/aromatic N) is 9. The molecule has 0 saturated carbocycles. The molecular formula is C68H84N12O9S. The molecule has 0 spiro atoms. The summed E-state index contributed by atoms with van der Waals surface area (Å²) in [4.78, 5) is 96.9. The summed E-state index contributed by atoms with van der Waals surface area (Å²) in [7, 11) is 1.70. The number of aromatic nitrogens is 6. The maximum atomic E-state index is 14.1. The van der Waals surface area contributed by atoms with E-state index in [2.05, 4.69) is 56.9 Å². The van der Waals surface area contributed by atoms with Crippen LogP contribution in [0.15, 0.2) is 114 Å². The van der Waals surface area contributed by atoms with E-state index in [4.69, 9.17) is 14.5 Å². The fourth-order valence-corrected chi connectivity index (χ4v) is 11.9. The van der Waals surface area contributed by atoms with E-state index in [9.17, 15) is 33.9 Å². The number of hydrogen-bond acceptors (Lipinski definition) is 15. The van der Waals surface area contributed by atoms with Crippen molar-refractivity contribution in [3.63, 3.8) is 0 Å². The van der Waals surface area contributed by atoms with Crippen LogP contribution in [-0.4, -0.2) is 163 Å². The summed E-state index contributed by atoms with van der Waals surface area (Å²) < 4.78 is 15.0. The Morgan fingerprint density at radius 2 is 1.49 bits per heavy atom. The highest BCUT2D eigenvalue weighted by Crippen LogP contribution is 2.31. The summed E-state index contributed by atoms with van der Waals surface area (Å²) in [5.41, 5.74) is 10.9. The first-order valence-electron chi connectivity index (χ1n) is 30.8. The molecule has 2 aliphatic heterocycles. The number of piperazine rings is 1. The Morgan fingerprint density at radius 1 is 0.800 bits per heavy atom. The Morgan fingerprint density at radius 3 is 2.18 bits per heavy atom. The van der Waals surface area contributed by atoms with Gasteiger partial charge in [0.15, 0.2) is 0 Å². The highest BCUT2D eigenvalue weighted by molar-refractivity contribution is 7.13. The number of aliphatic hydroxyl groups excluding tert-OH is 1. The molecule has 90 heavy (non-hydrogen) atoms. The number of thiazole rings is 1. The molecule has 476 valence electrons. The van der Waals surface area contributed by atoms with Crippen LogP contribution >= 0.6 is 11.3 Å². The van der Waals surface area contributed by atoms with Gasteiger partial charge in [0, 0.05) is 113 Å². The van der Waals surface area contributed by atoms with Crippen LogP contribution in [0.25, 0.3) is 21.7 Å². The zero-order valence-corrected chi connectivity index (χ0v) is 53.9. The normalized spacial score (nSPS) is 15.8. The largest absolute Gasteiger partial charge is 0.391 e. The highest BCUT2D eigenvalue weighted by Gasteiger charge is 2.44. The second-order valence-corrected chi connectivity index (χ2v) is 26.3.